The van der Waals surface area contributed by atoms with Crippen LogP contribution >= 0.6 is 0 Å². The highest BCUT2D eigenvalue weighted by atomic mass is 16.5. The maximum Gasteiger partial charge on any atom is 0.318 e. The number of likely N-dealkylation sites (N-methyl/N-ethyl adjacent to an activating group) is 1. The Balaban J connectivity index is 1.29. The van der Waals surface area contributed by atoms with E-state index in [0.29, 0.717) is 44.3 Å². The third-order valence-corrected chi connectivity index (χ3v) is 8.92. The van der Waals surface area contributed by atoms with Gasteiger partial charge in [0.25, 0.3) is 0 Å². The molecule has 9 nitrogen and oxygen atoms in total. The predicted molar refractivity (Wildman–Crippen MR) is 149 cm³/mol. The first-order valence-corrected chi connectivity index (χ1v) is 14.1. The van der Waals surface area contributed by atoms with Gasteiger partial charge in [-0.3, -0.25) is 9.69 Å². The standard InChI is InChI=1S/C30H37N7O2/c1-4-28(38)37-15-14-35(17-23(37)16-31-2)29-25-18-36(27-12-11-21-8-5-6-10-24(21)27)19-26(25)32-30(33-29)39-20-22-9-7-13-34(22)3/h4-6,8,10,22-23,27H,1,7,9,11-20H2,3H3/t22-,23-,27?/m0/s1. The van der Waals surface area contributed by atoms with Crippen molar-refractivity contribution in [1.82, 2.24) is 24.7 Å². The summed E-state index contributed by atoms with van der Waals surface area (Å²) in [6.07, 6.45) is 5.88. The van der Waals surface area contributed by atoms with Crippen LogP contribution in [0.4, 0.5) is 5.82 Å². The highest BCUT2D eigenvalue weighted by Gasteiger charge is 2.38. The largest absolute Gasteiger partial charge is 0.462 e. The minimum Gasteiger partial charge on any atom is -0.462 e. The monoisotopic (exact) mass is 527 g/mol. The van der Waals surface area contributed by atoms with Crippen LogP contribution in [-0.2, 0) is 24.3 Å². The topological polar surface area (TPSA) is 69.4 Å². The quantitative estimate of drug-likeness (QED) is 0.405. The molecule has 6 rings (SSSR count). The number of carbonyl (C=O) groups is 1. The van der Waals surface area contributed by atoms with Crippen LogP contribution in [0.5, 0.6) is 6.01 Å². The van der Waals surface area contributed by atoms with Gasteiger partial charge in [-0.05, 0) is 56.5 Å². The Labute approximate surface area is 230 Å². The van der Waals surface area contributed by atoms with Gasteiger partial charge in [-0.1, -0.05) is 30.8 Å². The molecule has 204 valence electrons. The maximum atomic E-state index is 12.5. The Hall–Kier alpha value is -3.48. The number of nitrogens with zero attached hydrogens (tertiary/aromatic N) is 7. The number of aryl methyl sites for hydroxylation is 1. The van der Waals surface area contributed by atoms with Gasteiger partial charge in [-0.2, -0.15) is 9.97 Å². The maximum absolute atomic E-state index is 12.5. The number of ether oxygens (including phenoxy) is 1. The normalized spacial score (nSPS) is 24.9. The van der Waals surface area contributed by atoms with E-state index in [4.69, 9.17) is 21.3 Å². The van der Waals surface area contributed by atoms with Gasteiger partial charge >= 0.3 is 6.01 Å². The van der Waals surface area contributed by atoms with E-state index in [1.807, 2.05) is 0 Å². The molecule has 3 atom stereocenters. The molecule has 9 heteroatoms. The number of fused-ring (bicyclic) bond motifs is 2. The van der Waals surface area contributed by atoms with E-state index in [1.54, 1.807) is 4.90 Å². The van der Waals surface area contributed by atoms with Gasteiger partial charge in [0.1, 0.15) is 18.5 Å². The fourth-order valence-corrected chi connectivity index (χ4v) is 6.78. The van der Waals surface area contributed by atoms with Crippen LogP contribution in [0.1, 0.15) is 47.7 Å². The van der Waals surface area contributed by atoms with Crippen molar-refractivity contribution >= 4 is 11.7 Å². The Morgan fingerprint density at radius 3 is 2.85 bits per heavy atom. The second-order valence-corrected chi connectivity index (χ2v) is 11.2. The first-order chi connectivity index (χ1) is 19.1. The highest BCUT2D eigenvalue weighted by molar-refractivity contribution is 5.87. The van der Waals surface area contributed by atoms with Crippen LogP contribution < -0.4 is 9.64 Å². The Kier molecular flexibility index (Phi) is 7.24. The smallest absolute Gasteiger partial charge is 0.318 e. The second kappa shape index (κ2) is 10.9. The SMILES string of the molecule is [C-]#[N+]C[C@H]1CN(c2nc(OC[C@@H]3CCCN3C)nc3c2CN(C2CCc4ccccc42)C3)CCN1C(=O)C=C. The molecular weight excluding hydrogens is 490 g/mol. The van der Waals surface area contributed by atoms with Gasteiger partial charge in [0, 0.05) is 50.4 Å². The van der Waals surface area contributed by atoms with Crippen molar-refractivity contribution in [2.75, 3.05) is 51.3 Å². The van der Waals surface area contributed by atoms with Crippen molar-refractivity contribution in [3.63, 3.8) is 0 Å². The number of hydrogen-bond donors (Lipinski definition) is 0. The summed E-state index contributed by atoms with van der Waals surface area (Å²) < 4.78 is 6.25. The zero-order valence-electron chi connectivity index (χ0n) is 22.8. The van der Waals surface area contributed by atoms with Crippen molar-refractivity contribution in [3.8, 4) is 6.01 Å². The van der Waals surface area contributed by atoms with E-state index in [0.717, 1.165) is 56.0 Å². The van der Waals surface area contributed by atoms with Crippen molar-refractivity contribution in [2.45, 2.75) is 56.9 Å². The zero-order valence-corrected chi connectivity index (χ0v) is 22.8. The molecule has 2 aromatic rings. The average Bonchev–Trinajstić information content (AvgIpc) is 3.69. The predicted octanol–water partition coefficient (Wildman–Crippen LogP) is 3.08. The number of carbonyl (C=O) groups excluding carboxylic acids is 1. The van der Waals surface area contributed by atoms with E-state index < -0.39 is 0 Å². The van der Waals surface area contributed by atoms with Crippen LogP contribution in [0.15, 0.2) is 36.9 Å². The zero-order chi connectivity index (χ0) is 26.9. The average molecular weight is 528 g/mol. The van der Waals surface area contributed by atoms with E-state index in [9.17, 15) is 4.79 Å². The summed E-state index contributed by atoms with van der Waals surface area (Å²) in [6.45, 7) is 16.4. The molecule has 1 amide bonds. The summed E-state index contributed by atoms with van der Waals surface area (Å²) in [6, 6.07) is 9.76. The molecule has 4 heterocycles. The number of anilines is 1. The van der Waals surface area contributed by atoms with Gasteiger partial charge in [0.05, 0.1) is 5.69 Å². The van der Waals surface area contributed by atoms with Crippen LogP contribution in [-0.4, -0.2) is 89.0 Å². The van der Waals surface area contributed by atoms with Crippen LogP contribution in [0.25, 0.3) is 4.85 Å². The molecule has 0 spiro atoms. The van der Waals surface area contributed by atoms with Gasteiger partial charge < -0.3 is 24.3 Å². The third kappa shape index (κ3) is 4.99. The second-order valence-electron chi connectivity index (χ2n) is 11.2. The third-order valence-electron chi connectivity index (χ3n) is 8.92. The van der Waals surface area contributed by atoms with Crippen LogP contribution in [0.3, 0.4) is 0 Å². The molecule has 1 aromatic heterocycles. The number of piperazine rings is 1. The molecule has 1 unspecified atom stereocenters. The Bertz CT molecular complexity index is 1290. The molecule has 0 N–H and O–H groups in total. The summed E-state index contributed by atoms with van der Waals surface area (Å²) in [5.41, 5.74) is 5.05. The summed E-state index contributed by atoms with van der Waals surface area (Å²) in [4.78, 5) is 34.9. The summed E-state index contributed by atoms with van der Waals surface area (Å²) >= 11 is 0. The van der Waals surface area contributed by atoms with E-state index >= 15 is 0 Å². The first-order valence-electron chi connectivity index (χ1n) is 14.1. The minimum atomic E-state index is -0.205. The first kappa shape index (κ1) is 25.8. The lowest BCUT2D eigenvalue weighted by molar-refractivity contribution is -0.128. The Morgan fingerprint density at radius 1 is 1.18 bits per heavy atom. The lowest BCUT2D eigenvalue weighted by Crippen LogP contribution is -2.56. The summed E-state index contributed by atoms with van der Waals surface area (Å²) in [5, 5.41) is 0. The number of aromatic nitrogens is 2. The lowest BCUT2D eigenvalue weighted by atomic mass is 10.1. The van der Waals surface area contributed by atoms with Crippen LogP contribution in [0.2, 0.25) is 0 Å². The molecule has 0 radical (unpaired) electrons. The number of hydrogen-bond acceptors (Lipinski definition) is 7. The lowest BCUT2D eigenvalue weighted by Gasteiger charge is -2.40. The van der Waals surface area contributed by atoms with Gasteiger partial charge in [-0.15, -0.1) is 0 Å². The fourth-order valence-electron chi connectivity index (χ4n) is 6.78. The fraction of sp³-hybridized carbons (Fsp3) is 0.533. The van der Waals surface area contributed by atoms with E-state index in [-0.39, 0.29) is 18.5 Å². The molecule has 3 aliphatic heterocycles. The molecule has 2 saturated heterocycles. The molecular formula is C30H37N7O2. The van der Waals surface area contributed by atoms with Crippen molar-refractivity contribution in [3.05, 3.63) is 70.7 Å². The van der Waals surface area contributed by atoms with Crippen molar-refractivity contribution in [1.29, 1.82) is 0 Å². The van der Waals surface area contributed by atoms with E-state index in [2.05, 4.69) is 57.4 Å². The molecule has 4 aliphatic rings. The van der Waals surface area contributed by atoms with Gasteiger partial charge in [0.15, 0.2) is 0 Å². The van der Waals surface area contributed by atoms with Gasteiger partial charge in [0.2, 0.25) is 12.5 Å². The van der Waals surface area contributed by atoms with Crippen molar-refractivity contribution < 1.29 is 9.53 Å². The van der Waals surface area contributed by atoms with E-state index in [1.165, 1.54) is 23.6 Å². The summed E-state index contributed by atoms with van der Waals surface area (Å²) in [5.74, 6) is 0.774. The molecule has 1 aliphatic carbocycles. The minimum absolute atomic E-state index is 0.119. The molecule has 0 saturated carbocycles. The number of likely N-dealkylation sites (tertiary alicyclic amines) is 1. The van der Waals surface area contributed by atoms with Crippen molar-refractivity contribution in [2.24, 2.45) is 0 Å². The van der Waals surface area contributed by atoms with Crippen LogP contribution in [0, 0.1) is 6.57 Å². The number of benzene rings is 1. The number of rotatable bonds is 7. The molecule has 2 fully saturated rings. The molecule has 0 bridgehead atoms. The van der Waals surface area contributed by atoms with Gasteiger partial charge in [-0.25, -0.2) is 6.57 Å². The highest BCUT2D eigenvalue weighted by Crippen LogP contribution is 2.42. The molecule has 1 aromatic carbocycles. The number of amides is 1. The molecule has 39 heavy (non-hydrogen) atoms. The Morgan fingerprint density at radius 2 is 2.05 bits per heavy atom. The summed E-state index contributed by atoms with van der Waals surface area (Å²) in [7, 11) is 2.15.